The van der Waals surface area contributed by atoms with Gasteiger partial charge in [-0.25, -0.2) is 0 Å². The summed E-state index contributed by atoms with van der Waals surface area (Å²) < 4.78 is 16.8. The Bertz CT molecular complexity index is 1030. The fourth-order valence-corrected chi connectivity index (χ4v) is 4.27. The minimum absolute atomic E-state index is 0.0487. The Hall–Kier alpha value is -2.16. The van der Waals surface area contributed by atoms with Crippen LogP contribution in [0.4, 0.5) is 4.79 Å². The molecule has 4 rings (SSSR count). The molecule has 2 heterocycles. The van der Waals surface area contributed by atoms with E-state index in [-0.39, 0.29) is 24.5 Å². The Morgan fingerprint density at radius 1 is 1.25 bits per heavy atom. The number of rotatable bonds is 4. The summed E-state index contributed by atoms with van der Waals surface area (Å²) in [5.41, 5.74) is 1.30. The minimum Gasteiger partial charge on any atom is -0.496 e. The zero-order chi connectivity index (χ0) is 19.8. The van der Waals surface area contributed by atoms with Crippen LogP contribution in [0.5, 0.6) is 17.2 Å². The molecule has 2 amide bonds. The van der Waals surface area contributed by atoms with Crippen LogP contribution in [-0.4, -0.2) is 29.9 Å². The van der Waals surface area contributed by atoms with Crippen LogP contribution < -0.4 is 14.2 Å². The van der Waals surface area contributed by atoms with E-state index in [2.05, 4.69) is 15.9 Å². The standard InChI is InChI=1S/C19H13BrClNO5S/c1-25-14-3-2-12(20)4-10(14)6-17-18(23)22(19(24)28-17)8-11-5-15-16(7-13(11)21)27-9-26-15/h2-7H,8-9H2,1H3/b17-6+. The van der Waals surface area contributed by atoms with Crippen molar-refractivity contribution in [3.8, 4) is 17.2 Å². The number of methoxy groups -OCH3 is 1. The Morgan fingerprint density at radius 2 is 2.00 bits per heavy atom. The molecule has 0 atom stereocenters. The monoisotopic (exact) mass is 481 g/mol. The van der Waals surface area contributed by atoms with Crippen LogP contribution in [0, 0.1) is 0 Å². The van der Waals surface area contributed by atoms with Crippen LogP contribution in [0.1, 0.15) is 11.1 Å². The normalized spacial score (nSPS) is 17.0. The molecule has 6 nitrogen and oxygen atoms in total. The summed E-state index contributed by atoms with van der Waals surface area (Å²) >= 11 is 10.6. The van der Waals surface area contributed by atoms with Gasteiger partial charge < -0.3 is 14.2 Å². The molecule has 0 aromatic heterocycles. The van der Waals surface area contributed by atoms with Crippen molar-refractivity contribution in [3.63, 3.8) is 0 Å². The number of carbonyl (C=O) groups excluding carboxylic acids is 2. The van der Waals surface area contributed by atoms with Crippen molar-refractivity contribution in [2.75, 3.05) is 13.9 Å². The average Bonchev–Trinajstić information content (AvgIpc) is 3.21. The van der Waals surface area contributed by atoms with E-state index in [9.17, 15) is 9.59 Å². The van der Waals surface area contributed by atoms with E-state index in [0.29, 0.717) is 38.3 Å². The van der Waals surface area contributed by atoms with E-state index in [1.54, 1.807) is 31.4 Å². The molecule has 1 saturated heterocycles. The molecule has 2 aliphatic heterocycles. The zero-order valence-electron chi connectivity index (χ0n) is 14.5. The van der Waals surface area contributed by atoms with Gasteiger partial charge in [-0.15, -0.1) is 0 Å². The maximum absolute atomic E-state index is 12.8. The smallest absolute Gasteiger partial charge is 0.293 e. The van der Waals surface area contributed by atoms with Gasteiger partial charge in [0.05, 0.1) is 18.6 Å². The number of ether oxygens (including phenoxy) is 3. The third-order valence-corrected chi connectivity index (χ3v) is 5.97. The number of carbonyl (C=O) groups is 2. The molecule has 0 N–H and O–H groups in total. The van der Waals surface area contributed by atoms with Crippen LogP contribution in [0.3, 0.4) is 0 Å². The molecule has 2 aromatic rings. The first-order chi connectivity index (χ1) is 13.5. The van der Waals surface area contributed by atoms with Gasteiger partial charge >= 0.3 is 0 Å². The highest BCUT2D eigenvalue weighted by molar-refractivity contribution is 9.10. The highest BCUT2D eigenvalue weighted by atomic mass is 79.9. The molecule has 0 radical (unpaired) electrons. The van der Waals surface area contributed by atoms with Gasteiger partial charge in [0.15, 0.2) is 11.5 Å². The van der Waals surface area contributed by atoms with E-state index in [1.165, 1.54) is 0 Å². The molecule has 0 unspecified atom stereocenters. The van der Waals surface area contributed by atoms with E-state index in [0.717, 1.165) is 21.1 Å². The minimum atomic E-state index is -0.384. The predicted octanol–water partition coefficient (Wildman–Crippen LogP) is 5.08. The number of halogens is 2. The molecule has 9 heteroatoms. The molecule has 2 aromatic carbocycles. The molecular weight excluding hydrogens is 470 g/mol. The van der Waals surface area contributed by atoms with E-state index in [1.807, 2.05) is 12.1 Å². The molecule has 0 saturated carbocycles. The molecule has 144 valence electrons. The van der Waals surface area contributed by atoms with Gasteiger partial charge in [-0.2, -0.15) is 0 Å². The number of fused-ring (bicyclic) bond motifs is 1. The van der Waals surface area contributed by atoms with Crippen molar-refractivity contribution in [1.29, 1.82) is 0 Å². The molecule has 0 aliphatic carbocycles. The average molecular weight is 483 g/mol. The molecule has 0 bridgehead atoms. The predicted molar refractivity (Wildman–Crippen MR) is 110 cm³/mol. The Balaban J connectivity index is 1.61. The quantitative estimate of drug-likeness (QED) is 0.567. The second-order valence-corrected chi connectivity index (χ2v) is 8.27. The van der Waals surface area contributed by atoms with E-state index < -0.39 is 0 Å². The van der Waals surface area contributed by atoms with Crippen molar-refractivity contribution < 1.29 is 23.8 Å². The Labute approximate surface area is 178 Å². The van der Waals surface area contributed by atoms with E-state index >= 15 is 0 Å². The zero-order valence-corrected chi connectivity index (χ0v) is 17.7. The molecule has 0 spiro atoms. The largest absolute Gasteiger partial charge is 0.496 e. The first-order valence-corrected chi connectivity index (χ1v) is 10.1. The maximum atomic E-state index is 12.8. The van der Waals surface area contributed by atoms with Gasteiger partial charge in [-0.05, 0) is 47.7 Å². The first kappa shape index (κ1) is 19.2. The Morgan fingerprint density at radius 3 is 2.75 bits per heavy atom. The van der Waals surface area contributed by atoms with Crippen molar-refractivity contribution in [2.45, 2.75) is 6.54 Å². The summed E-state index contributed by atoms with van der Waals surface area (Å²) in [4.78, 5) is 26.7. The third kappa shape index (κ3) is 3.59. The molecule has 28 heavy (non-hydrogen) atoms. The lowest BCUT2D eigenvalue weighted by Crippen LogP contribution is -2.27. The van der Waals surface area contributed by atoms with E-state index in [4.69, 9.17) is 25.8 Å². The van der Waals surface area contributed by atoms with Crippen LogP contribution in [0.2, 0.25) is 5.02 Å². The van der Waals surface area contributed by atoms with Gasteiger partial charge in [0.1, 0.15) is 5.75 Å². The van der Waals surface area contributed by atoms with Crippen LogP contribution in [0.25, 0.3) is 6.08 Å². The Kier molecular flexibility index (Phi) is 5.27. The molecular formula is C19H13BrClNO5S. The van der Waals surface area contributed by atoms with Crippen LogP contribution >= 0.6 is 39.3 Å². The van der Waals surface area contributed by atoms with Gasteiger partial charge in [0.25, 0.3) is 11.1 Å². The second kappa shape index (κ2) is 7.69. The summed E-state index contributed by atoms with van der Waals surface area (Å²) in [6.45, 7) is 0.168. The van der Waals surface area contributed by atoms with Crippen molar-refractivity contribution in [2.24, 2.45) is 0 Å². The number of hydrogen-bond donors (Lipinski definition) is 0. The fraction of sp³-hybridized carbons (Fsp3) is 0.158. The van der Waals surface area contributed by atoms with Crippen molar-refractivity contribution >= 4 is 56.5 Å². The number of imide groups is 1. The van der Waals surface area contributed by atoms with Crippen molar-refractivity contribution in [1.82, 2.24) is 4.90 Å². The summed E-state index contributed by atoms with van der Waals surface area (Å²) in [7, 11) is 1.55. The van der Waals surface area contributed by atoms with Gasteiger partial charge in [-0.1, -0.05) is 27.5 Å². The van der Waals surface area contributed by atoms with Gasteiger partial charge in [-0.3, -0.25) is 14.5 Å². The second-order valence-electron chi connectivity index (χ2n) is 5.95. The summed E-state index contributed by atoms with van der Waals surface area (Å²) in [6.07, 6.45) is 1.65. The van der Waals surface area contributed by atoms with Gasteiger partial charge in [0, 0.05) is 21.1 Å². The lowest BCUT2D eigenvalue weighted by molar-refractivity contribution is -0.123. The lowest BCUT2D eigenvalue weighted by atomic mass is 10.1. The number of nitrogens with zero attached hydrogens (tertiary/aromatic N) is 1. The van der Waals surface area contributed by atoms with Crippen molar-refractivity contribution in [3.05, 3.63) is 55.9 Å². The summed E-state index contributed by atoms with van der Waals surface area (Å²) in [5, 5.41) is 0.0416. The highest BCUT2D eigenvalue weighted by Gasteiger charge is 2.36. The summed E-state index contributed by atoms with van der Waals surface area (Å²) in [6, 6.07) is 8.76. The number of benzene rings is 2. The van der Waals surface area contributed by atoms with Crippen LogP contribution in [0.15, 0.2) is 39.7 Å². The number of thioether (sulfide) groups is 1. The maximum Gasteiger partial charge on any atom is 0.293 e. The number of hydrogen-bond acceptors (Lipinski definition) is 6. The van der Waals surface area contributed by atoms with Gasteiger partial charge in [0.2, 0.25) is 6.79 Å². The molecule has 2 aliphatic rings. The SMILES string of the molecule is COc1ccc(Br)cc1/C=C1/SC(=O)N(Cc2cc3c(cc2Cl)OCO3)C1=O. The lowest BCUT2D eigenvalue weighted by Gasteiger charge is -2.14. The first-order valence-electron chi connectivity index (χ1n) is 8.13. The summed E-state index contributed by atoms with van der Waals surface area (Å²) in [5.74, 6) is 1.31. The third-order valence-electron chi connectivity index (χ3n) is 4.22. The molecule has 1 fully saturated rings. The highest BCUT2D eigenvalue weighted by Crippen LogP contribution is 2.40. The number of amides is 2. The topological polar surface area (TPSA) is 65.1 Å². The van der Waals surface area contributed by atoms with Crippen LogP contribution in [-0.2, 0) is 11.3 Å². The fourth-order valence-electron chi connectivity index (χ4n) is 2.85.